The quantitative estimate of drug-likeness (QED) is 0.445. The largest absolute Gasteiger partial charge is 0.507 e. The smallest absolute Gasteiger partial charge is 0.438 e. The van der Waals surface area contributed by atoms with Gasteiger partial charge in [0.25, 0.3) is 0 Å². The molecule has 0 spiro atoms. The molecule has 0 unspecified atom stereocenters. The number of rotatable bonds is 0. The van der Waals surface area contributed by atoms with Crippen LogP contribution < -0.4 is 0 Å². The summed E-state index contributed by atoms with van der Waals surface area (Å²) in [6.45, 7) is 0. The van der Waals surface area contributed by atoms with Crippen molar-refractivity contribution in [3.05, 3.63) is 0 Å². The summed E-state index contributed by atoms with van der Waals surface area (Å²) in [5.41, 5.74) is 0. The van der Waals surface area contributed by atoms with Crippen molar-refractivity contribution in [2.75, 3.05) is 21.3 Å². The molecule has 0 rings (SSSR count). The lowest BCUT2D eigenvalue weighted by Gasteiger charge is -1.89. The number of hydrogen-bond acceptors (Lipinski definition) is 4. The summed E-state index contributed by atoms with van der Waals surface area (Å²) >= 11 is 0. The average molecular weight is 140 g/mol. The Morgan fingerprint density at radius 1 is 1.22 bits per heavy atom. The highest BCUT2D eigenvalue weighted by atomic mass is 16.7. The van der Waals surface area contributed by atoms with E-state index in [1.54, 1.807) is 0 Å². The fourth-order valence-corrected chi connectivity index (χ4v) is 0.0833. The zero-order valence-corrected chi connectivity index (χ0v) is 5.67. The van der Waals surface area contributed by atoms with Crippen molar-refractivity contribution >= 4 is 6.16 Å². The van der Waals surface area contributed by atoms with Gasteiger partial charge in [0, 0.05) is 7.11 Å². The zero-order valence-electron chi connectivity index (χ0n) is 5.67. The Labute approximate surface area is 53.5 Å². The van der Waals surface area contributed by atoms with Crippen LogP contribution in [0.15, 0.2) is 0 Å². The molecule has 0 aromatic carbocycles. The van der Waals surface area contributed by atoms with Crippen LogP contribution in [0.4, 0.5) is 4.79 Å². The molecule has 0 aromatic heterocycles. The first-order valence-corrected chi connectivity index (χ1v) is 1.88. The molecular weight excluding hydrogens is 128 g/mol. The summed E-state index contributed by atoms with van der Waals surface area (Å²) in [5.74, 6) is 0. The molecule has 0 aliphatic heterocycles. The fourth-order valence-electron chi connectivity index (χ4n) is 0.0833. The number of carbonyl (C=O) groups excluding carboxylic acids is 1. The molecule has 9 heavy (non-hydrogen) atoms. The van der Waals surface area contributed by atoms with Crippen LogP contribution in [0, 0.1) is 0 Å². The minimum atomic E-state index is -0.657. The monoisotopic (exact) mass is 140 g/mol. The third-order valence-corrected chi connectivity index (χ3v) is 0.333. The van der Waals surface area contributed by atoms with Crippen molar-refractivity contribution in [2.24, 2.45) is 0 Å². The van der Waals surface area contributed by atoms with Crippen LogP contribution in [0.3, 0.4) is 0 Å². The topological polar surface area (TPSA) is 87.3 Å². The zero-order chi connectivity index (χ0) is 6.99. The van der Waals surface area contributed by atoms with E-state index in [0.717, 1.165) is 7.11 Å². The summed E-state index contributed by atoms with van der Waals surface area (Å²) in [4.78, 5) is 9.74. The number of hydrogen-bond donors (Lipinski definition) is 1. The minimum absolute atomic E-state index is 0. The fraction of sp³-hybridized carbons (Fsp3) is 0.750. The van der Waals surface area contributed by atoms with Crippen molar-refractivity contribution in [3.8, 4) is 0 Å². The second-order valence-electron chi connectivity index (χ2n) is 0.658. The number of aliphatic hydroxyl groups is 1. The van der Waals surface area contributed by atoms with Gasteiger partial charge in [-0.25, -0.2) is 4.79 Å². The van der Waals surface area contributed by atoms with Crippen LogP contribution in [-0.2, 0) is 9.47 Å². The molecule has 0 heterocycles. The summed E-state index contributed by atoms with van der Waals surface area (Å²) in [7, 11) is 3.51. The lowest BCUT2D eigenvalue weighted by molar-refractivity contribution is 0.0924. The first-order valence-electron chi connectivity index (χ1n) is 1.88. The molecule has 0 aromatic rings. The van der Waals surface area contributed by atoms with Crippen LogP contribution >= 0.6 is 0 Å². The van der Waals surface area contributed by atoms with Gasteiger partial charge in [-0.3, -0.25) is 0 Å². The first kappa shape index (κ1) is 15.7. The maximum absolute atomic E-state index is 9.74. The highest BCUT2D eigenvalue weighted by Crippen LogP contribution is 1.72. The molecule has 0 saturated heterocycles. The molecule has 0 aliphatic carbocycles. The molecular formula is C4H12O5. The van der Waals surface area contributed by atoms with Crippen LogP contribution in [-0.4, -0.2) is 38.1 Å². The second kappa shape index (κ2) is 15.7. The molecule has 58 valence electrons. The van der Waals surface area contributed by atoms with E-state index in [-0.39, 0.29) is 5.48 Å². The van der Waals surface area contributed by atoms with Crippen LogP contribution in [0.1, 0.15) is 0 Å². The summed E-state index contributed by atoms with van der Waals surface area (Å²) in [6, 6.07) is 0. The van der Waals surface area contributed by atoms with E-state index in [1.807, 2.05) is 0 Å². The van der Waals surface area contributed by atoms with Crippen LogP contribution in [0.25, 0.3) is 0 Å². The van der Waals surface area contributed by atoms with Crippen LogP contribution in [0.2, 0.25) is 0 Å². The van der Waals surface area contributed by atoms with Gasteiger partial charge in [-0.1, -0.05) is 0 Å². The number of aliphatic hydroxyl groups excluding tert-OH is 1. The Morgan fingerprint density at radius 2 is 1.44 bits per heavy atom. The normalized spacial score (nSPS) is 5.33. The molecule has 0 fully saturated rings. The van der Waals surface area contributed by atoms with E-state index in [2.05, 4.69) is 9.47 Å². The van der Waals surface area contributed by atoms with E-state index >= 15 is 0 Å². The Morgan fingerprint density at radius 3 is 1.44 bits per heavy atom. The third kappa shape index (κ3) is 19.0. The Balaban J connectivity index is -0.000000109. The molecule has 5 nitrogen and oxygen atoms in total. The van der Waals surface area contributed by atoms with Gasteiger partial charge in [-0.05, 0) is 0 Å². The summed E-state index contributed by atoms with van der Waals surface area (Å²) < 4.78 is 8.08. The molecule has 0 radical (unpaired) electrons. The van der Waals surface area contributed by atoms with Crippen LogP contribution in [0.5, 0.6) is 0 Å². The molecule has 5 heteroatoms. The molecule has 0 bridgehead atoms. The maximum atomic E-state index is 9.74. The van der Waals surface area contributed by atoms with Gasteiger partial charge >= 0.3 is 6.16 Å². The highest BCUT2D eigenvalue weighted by Gasteiger charge is 1.88. The van der Waals surface area contributed by atoms with E-state index in [4.69, 9.17) is 5.11 Å². The third-order valence-electron chi connectivity index (χ3n) is 0.333. The Hall–Kier alpha value is -0.810. The highest BCUT2D eigenvalue weighted by molar-refractivity contribution is 5.59. The van der Waals surface area contributed by atoms with E-state index in [0.29, 0.717) is 0 Å². The predicted octanol–water partition coefficient (Wildman–Crippen LogP) is -0.817. The molecule has 3 N–H and O–H groups in total. The molecule has 0 atom stereocenters. The number of methoxy groups -OCH3 is 2. The number of ether oxygens (including phenoxy) is 2. The predicted molar refractivity (Wildman–Crippen MR) is 31.2 cm³/mol. The molecule has 0 saturated carbocycles. The SMILES string of the molecule is CO.COC(=O)OC.O. The van der Waals surface area contributed by atoms with Gasteiger partial charge in [0.15, 0.2) is 0 Å². The average Bonchev–Trinajstić information content (AvgIpc) is 1.91. The van der Waals surface area contributed by atoms with Gasteiger partial charge < -0.3 is 20.1 Å². The Bertz CT molecular complexity index is 46.9. The lowest BCUT2D eigenvalue weighted by atomic mass is 11.3. The van der Waals surface area contributed by atoms with E-state index < -0.39 is 6.16 Å². The van der Waals surface area contributed by atoms with Gasteiger partial charge in [0.1, 0.15) is 0 Å². The summed E-state index contributed by atoms with van der Waals surface area (Å²) in [6.07, 6.45) is -0.657. The standard InChI is InChI=1S/C3H6O3.CH4O.H2O/c1-5-3(4)6-2;1-2;/h1-2H3;2H,1H3;1H2. The number of carbonyl (C=O) groups is 1. The minimum Gasteiger partial charge on any atom is -0.438 e. The van der Waals surface area contributed by atoms with Gasteiger partial charge in [0.2, 0.25) is 0 Å². The Kier molecular flexibility index (Phi) is 27.4. The van der Waals surface area contributed by atoms with Crippen molar-refractivity contribution in [1.29, 1.82) is 0 Å². The summed E-state index contributed by atoms with van der Waals surface area (Å²) in [5, 5.41) is 7.00. The second-order valence-corrected chi connectivity index (χ2v) is 0.658. The van der Waals surface area contributed by atoms with Crippen molar-refractivity contribution in [3.63, 3.8) is 0 Å². The van der Waals surface area contributed by atoms with E-state index in [9.17, 15) is 4.79 Å². The molecule has 0 aliphatic rings. The molecule has 0 amide bonds. The van der Waals surface area contributed by atoms with Crippen molar-refractivity contribution in [1.82, 2.24) is 0 Å². The van der Waals surface area contributed by atoms with E-state index in [1.165, 1.54) is 14.2 Å². The lowest BCUT2D eigenvalue weighted by Crippen LogP contribution is -1.97. The first-order chi connectivity index (χ1) is 3.81. The maximum Gasteiger partial charge on any atom is 0.507 e. The van der Waals surface area contributed by atoms with Crippen molar-refractivity contribution < 1.29 is 24.9 Å². The van der Waals surface area contributed by atoms with Gasteiger partial charge in [0.05, 0.1) is 14.2 Å². The van der Waals surface area contributed by atoms with Gasteiger partial charge in [-0.2, -0.15) is 0 Å². The van der Waals surface area contributed by atoms with Gasteiger partial charge in [-0.15, -0.1) is 0 Å². The van der Waals surface area contributed by atoms with Crippen molar-refractivity contribution in [2.45, 2.75) is 0 Å².